The van der Waals surface area contributed by atoms with Gasteiger partial charge in [-0.05, 0) is 49.6 Å². The maximum atomic E-state index is 12.8. The number of likely N-dealkylation sites (tertiary alicyclic amines) is 1. The summed E-state index contributed by atoms with van der Waals surface area (Å²) in [4.78, 5) is 26.9. The maximum Gasteiger partial charge on any atom is 0.410 e. The first-order valence-electron chi connectivity index (χ1n) is 8.54. The molecule has 1 aliphatic heterocycles. The molecule has 2 amide bonds. The highest BCUT2D eigenvalue weighted by atomic mass is 79.9. The van der Waals surface area contributed by atoms with Gasteiger partial charge in [0, 0.05) is 16.7 Å². The topological polar surface area (TPSA) is 58.6 Å². The van der Waals surface area contributed by atoms with Crippen LogP contribution in [0, 0.1) is 0 Å². The number of ether oxygens (including phenoxy) is 1. The van der Waals surface area contributed by atoms with Crippen LogP contribution in [0.15, 0.2) is 59.1 Å². The van der Waals surface area contributed by atoms with Crippen LogP contribution in [0.3, 0.4) is 0 Å². The summed E-state index contributed by atoms with van der Waals surface area (Å²) in [5, 5.41) is 2.90. The zero-order chi connectivity index (χ0) is 18.6. The Morgan fingerprint density at radius 1 is 1.15 bits per heavy atom. The van der Waals surface area contributed by atoms with Crippen molar-refractivity contribution in [3.8, 4) is 0 Å². The lowest BCUT2D eigenvalue weighted by Crippen LogP contribution is -2.53. The molecule has 1 aliphatic rings. The van der Waals surface area contributed by atoms with E-state index in [9.17, 15) is 9.59 Å². The van der Waals surface area contributed by atoms with Crippen LogP contribution >= 0.6 is 15.9 Å². The quantitative estimate of drug-likeness (QED) is 0.793. The number of nitrogens with zero attached hydrogens (tertiary/aromatic N) is 1. The highest BCUT2D eigenvalue weighted by molar-refractivity contribution is 9.10. The lowest BCUT2D eigenvalue weighted by atomic mass is 9.98. The molecular formula is C20H21BrN2O3. The molecule has 2 aromatic carbocycles. The smallest absolute Gasteiger partial charge is 0.410 e. The van der Waals surface area contributed by atoms with E-state index in [0.717, 1.165) is 16.5 Å². The van der Waals surface area contributed by atoms with Crippen LogP contribution in [-0.2, 0) is 16.1 Å². The molecule has 26 heavy (non-hydrogen) atoms. The van der Waals surface area contributed by atoms with Crippen LogP contribution in [-0.4, -0.2) is 29.0 Å². The molecule has 1 unspecified atom stereocenters. The predicted octanol–water partition coefficient (Wildman–Crippen LogP) is 4.58. The van der Waals surface area contributed by atoms with E-state index in [0.29, 0.717) is 18.7 Å². The van der Waals surface area contributed by atoms with E-state index < -0.39 is 11.6 Å². The number of carbonyl (C=O) groups excluding carboxylic acids is 2. The Morgan fingerprint density at radius 3 is 2.54 bits per heavy atom. The van der Waals surface area contributed by atoms with Gasteiger partial charge in [0.25, 0.3) is 0 Å². The highest BCUT2D eigenvalue weighted by Gasteiger charge is 2.46. The van der Waals surface area contributed by atoms with Crippen LogP contribution < -0.4 is 5.32 Å². The average molecular weight is 417 g/mol. The minimum absolute atomic E-state index is 0.195. The molecule has 136 valence electrons. The Hall–Kier alpha value is -2.34. The lowest BCUT2D eigenvalue weighted by Gasteiger charge is -2.33. The van der Waals surface area contributed by atoms with Gasteiger partial charge in [0.15, 0.2) is 0 Å². The second-order valence-electron chi connectivity index (χ2n) is 6.53. The molecule has 0 aromatic heterocycles. The molecule has 3 rings (SSSR count). The molecule has 5 nitrogen and oxygen atoms in total. The van der Waals surface area contributed by atoms with Gasteiger partial charge in [0.2, 0.25) is 5.91 Å². The molecule has 0 saturated carbocycles. The molecule has 0 aliphatic carbocycles. The number of hydrogen-bond acceptors (Lipinski definition) is 3. The fourth-order valence-electron chi connectivity index (χ4n) is 3.09. The summed E-state index contributed by atoms with van der Waals surface area (Å²) in [5.74, 6) is -0.200. The Kier molecular flexibility index (Phi) is 5.61. The van der Waals surface area contributed by atoms with Gasteiger partial charge in [0.1, 0.15) is 12.1 Å². The van der Waals surface area contributed by atoms with E-state index in [4.69, 9.17) is 4.74 Å². The van der Waals surface area contributed by atoms with Crippen molar-refractivity contribution in [2.24, 2.45) is 0 Å². The van der Waals surface area contributed by atoms with Crippen LogP contribution in [0.2, 0.25) is 0 Å². The summed E-state index contributed by atoms with van der Waals surface area (Å²) in [7, 11) is 0. The van der Waals surface area contributed by atoms with Crippen molar-refractivity contribution in [1.82, 2.24) is 4.90 Å². The Bertz CT molecular complexity index is 779. The van der Waals surface area contributed by atoms with Gasteiger partial charge in [-0.25, -0.2) is 4.79 Å². The van der Waals surface area contributed by atoms with Gasteiger partial charge in [-0.1, -0.05) is 46.3 Å². The summed E-state index contributed by atoms with van der Waals surface area (Å²) in [6.07, 6.45) is 0.917. The third kappa shape index (κ3) is 4.07. The SMILES string of the molecule is CC1(C(=O)Nc2ccc(Br)cc2)CCCN1C(=O)OCc1ccccc1. The molecule has 0 spiro atoms. The maximum absolute atomic E-state index is 12.8. The van der Waals surface area contributed by atoms with Crippen LogP contribution in [0.25, 0.3) is 0 Å². The number of amides is 2. The summed E-state index contributed by atoms with van der Waals surface area (Å²) >= 11 is 3.37. The monoisotopic (exact) mass is 416 g/mol. The predicted molar refractivity (Wildman–Crippen MR) is 104 cm³/mol. The minimum atomic E-state index is -0.916. The fourth-order valence-corrected chi connectivity index (χ4v) is 3.35. The fraction of sp³-hybridized carbons (Fsp3) is 0.300. The molecule has 1 heterocycles. The first kappa shape index (κ1) is 18.5. The lowest BCUT2D eigenvalue weighted by molar-refractivity contribution is -0.125. The molecule has 1 atom stereocenters. The van der Waals surface area contributed by atoms with E-state index in [1.807, 2.05) is 54.6 Å². The first-order chi connectivity index (χ1) is 12.5. The number of hydrogen-bond donors (Lipinski definition) is 1. The number of halogens is 1. The van der Waals surface area contributed by atoms with E-state index in [2.05, 4.69) is 21.2 Å². The van der Waals surface area contributed by atoms with Crippen LogP contribution in [0.5, 0.6) is 0 Å². The molecule has 6 heteroatoms. The summed E-state index contributed by atoms with van der Waals surface area (Å²) in [6, 6.07) is 16.9. The van der Waals surface area contributed by atoms with Gasteiger partial charge in [-0.3, -0.25) is 9.69 Å². The first-order valence-corrected chi connectivity index (χ1v) is 9.34. The number of anilines is 1. The minimum Gasteiger partial charge on any atom is -0.445 e. The van der Waals surface area contributed by atoms with E-state index >= 15 is 0 Å². The van der Waals surface area contributed by atoms with Gasteiger partial charge in [0.05, 0.1) is 0 Å². The zero-order valence-electron chi connectivity index (χ0n) is 14.6. The average Bonchev–Trinajstić information content (AvgIpc) is 3.05. The van der Waals surface area contributed by atoms with Crippen molar-refractivity contribution in [3.05, 3.63) is 64.6 Å². The van der Waals surface area contributed by atoms with E-state index in [1.165, 1.54) is 4.90 Å². The molecular weight excluding hydrogens is 396 g/mol. The summed E-state index contributed by atoms with van der Waals surface area (Å²) in [6.45, 7) is 2.50. The van der Waals surface area contributed by atoms with Crippen LogP contribution in [0.4, 0.5) is 10.5 Å². The number of nitrogens with one attached hydrogen (secondary N) is 1. The molecule has 0 bridgehead atoms. The van der Waals surface area contributed by atoms with Crippen molar-refractivity contribution in [2.75, 3.05) is 11.9 Å². The number of benzene rings is 2. The van der Waals surface area contributed by atoms with Gasteiger partial charge >= 0.3 is 6.09 Å². The highest BCUT2D eigenvalue weighted by Crippen LogP contribution is 2.31. The Balaban J connectivity index is 1.65. The molecule has 1 N–H and O–H groups in total. The van der Waals surface area contributed by atoms with Crippen LogP contribution in [0.1, 0.15) is 25.3 Å². The molecule has 1 saturated heterocycles. The standard InChI is InChI=1S/C20H21BrN2O3/c1-20(18(24)22-17-10-8-16(21)9-11-17)12-5-13-23(20)19(25)26-14-15-6-3-2-4-7-15/h2-4,6-11H,5,12-14H2,1H3,(H,22,24). The third-order valence-electron chi connectivity index (χ3n) is 4.66. The largest absolute Gasteiger partial charge is 0.445 e. The van der Waals surface area contributed by atoms with Gasteiger partial charge in [-0.15, -0.1) is 0 Å². The normalized spacial score (nSPS) is 19.2. The number of rotatable bonds is 4. The second-order valence-corrected chi connectivity index (χ2v) is 7.45. The van der Waals surface area contributed by atoms with E-state index in [1.54, 1.807) is 6.92 Å². The molecule has 2 aromatic rings. The van der Waals surface area contributed by atoms with E-state index in [-0.39, 0.29) is 12.5 Å². The van der Waals surface area contributed by atoms with Crippen molar-refractivity contribution >= 4 is 33.6 Å². The Morgan fingerprint density at radius 2 is 1.85 bits per heavy atom. The summed E-state index contributed by atoms with van der Waals surface area (Å²) < 4.78 is 6.36. The van der Waals surface area contributed by atoms with Gasteiger partial charge in [-0.2, -0.15) is 0 Å². The van der Waals surface area contributed by atoms with Crippen molar-refractivity contribution in [2.45, 2.75) is 31.9 Å². The number of carbonyl (C=O) groups is 2. The molecule has 0 radical (unpaired) electrons. The van der Waals surface area contributed by atoms with Gasteiger partial charge < -0.3 is 10.1 Å². The van der Waals surface area contributed by atoms with Crippen molar-refractivity contribution in [1.29, 1.82) is 0 Å². The third-order valence-corrected chi connectivity index (χ3v) is 5.19. The van der Waals surface area contributed by atoms with Crippen molar-refractivity contribution < 1.29 is 14.3 Å². The summed E-state index contributed by atoms with van der Waals surface area (Å²) in [5.41, 5.74) is 0.700. The second kappa shape index (κ2) is 7.91. The molecule has 1 fully saturated rings. The zero-order valence-corrected chi connectivity index (χ0v) is 16.2. The van der Waals surface area contributed by atoms with Crippen molar-refractivity contribution in [3.63, 3.8) is 0 Å². The Labute approximate surface area is 161 Å².